The third-order valence-electron chi connectivity index (χ3n) is 5.41. The number of hydrogen-bond donors (Lipinski definition) is 1. The molecule has 4 heterocycles. The van der Waals surface area contributed by atoms with Gasteiger partial charge in [0.15, 0.2) is 5.13 Å². The van der Waals surface area contributed by atoms with Gasteiger partial charge in [-0.1, -0.05) is 0 Å². The predicted molar refractivity (Wildman–Crippen MR) is 104 cm³/mol. The second kappa shape index (κ2) is 8.86. The second-order valence-electron chi connectivity index (χ2n) is 6.86. The van der Waals surface area contributed by atoms with Crippen molar-refractivity contribution in [2.75, 3.05) is 50.7 Å². The van der Waals surface area contributed by atoms with Crippen molar-refractivity contribution in [3.05, 3.63) is 11.6 Å². The van der Waals surface area contributed by atoms with Crippen molar-refractivity contribution >= 4 is 47.3 Å². The maximum Gasteiger partial charge on any atom is 0.312 e. The molecular weight excluding hydrogens is 383 g/mol. The lowest BCUT2D eigenvalue weighted by molar-refractivity contribution is -0.150. The highest BCUT2D eigenvalue weighted by Gasteiger charge is 2.49. The Labute approximate surface area is 165 Å². The summed E-state index contributed by atoms with van der Waals surface area (Å²) in [6.07, 6.45) is 4.70. The first-order valence-corrected chi connectivity index (χ1v) is 9.42. The number of thiazole rings is 1. The van der Waals surface area contributed by atoms with Crippen LogP contribution in [-0.4, -0.2) is 67.8 Å². The monoisotopic (exact) mass is 408 g/mol. The van der Waals surface area contributed by atoms with Gasteiger partial charge in [-0.15, -0.1) is 36.2 Å². The number of nitrogens with zero attached hydrogens (tertiary/aromatic N) is 3. The van der Waals surface area contributed by atoms with Gasteiger partial charge in [-0.2, -0.15) is 0 Å². The average molecular weight is 409 g/mol. The number of carbonyl (C=O) groups is 1. The minimum absolute atomic E-state index is 0. The molecule has 9 heteroatoms. The van der Waals surface area contributed by atoms with Crippen LogP contribution in [0.1, 0.15) is 19.3 Å². The summed E-state index contributed by atoms with van der Waals surface area (Å²) in [5.41, 5.74) is -0.196. The minimum atomic E-state index is -0.196. The Bertz CT molecular complexity index is 546. The summed E-state index contributed by atoms with van der Waals surface area (Å²) in [4.78, 5) is 21.5. The van der Waals surface area contributed by atoms with E-state index in [-0.39, 0.29) is 42.3 Å². The third kappa shape index (κ3) is 4.39. The lowest BCUT2D eigenvalue weighted by Crippen LogP contribution is -2.48. The van der Waals surface area contributed by atoms with Gasteiger partial charge >= 0.3 is 5.97 Å². The fourth-order valence-corrected chi connectivity index (χ4v) is 4.73. The molecule has 0 radical (unpaired) electrons. The largest absolute Gasteiger partial charge is 0.461 e. The Balaban J connectivity index is 0.00000113. The Hall–Kier alpha value is -0.600. The van der Waals surface area contributed by atoms with Gasteiger partial charge in [0.05, 0.1) is 5.41 Å². The molecule has 4 rings (SSSR count). The zero-order valence-corrected chi connectivity index (χ0v) is 16.6. The lowest BCUT2D eigenvalue weighted by Gasteiger charge is -2.35. The summed E-state index contributed by atoms with van der Waals surface area (Å²) < 4.78 is 5.72. The van der Waals surface area contributed by atoms with E-state index in [1.807, 2.05) is 11.6 Å². The smallest absolute Gasteiger partial charge is 0.312 e. The van der Waals surface area contributed by atoms with E-state index in [1.54, 1.807) is 11.3 Å². The summed E-state index contributed by atoms with van der Waals surface area (Å²) in [7, 11) is 0. The van der Waals surface area contributed by atoms with Gasteiger partial charge in [-0.05, 0) is 25.9 Å². The van der Waals surface area contributed by atoms with Gasteiger partial charge in [-0.3, -0.25) is 9.69 Å². The quantitative estimate of drug-likeness (QED) is 0.769. The van der Waals surface area contributed by atoms with Crippen LogP contribution in [0.3, 0.4) is 0 Å². The molecular formula is C16H26Cl2N4O2S. The number of cyclic esters (lactones) is 1. The number of halogens is 2. The summed E-state index contributed by atoms with van der Waals surface area (Å²) in [5, 5.41) is 6.48. The SMILES string of the molecule is Cl.Cl.O=C1OC(CN2CCN(c3nccs3)CC2)CC12CCNCC2. The summed E-state index contributed by atoms with van der Waals surface area (Å²) in [6.45, 7) is 6.80. The van der Waals surface area contributed by atoms with Crippen LogP contribution in [0.2, 0.25) is 0 Å². The van der Waals surface area contributed by atoms with E-state index in [9.17, 15) is 4.79 Å². The number of ether oxygens (including phenoxy) is 1. The molecule has 0 aliphatic carbocycles. The molecule has 0 amide bonds. The van der Waals surface area contributed by atoms with Gasteiger partial charge in [-0.25, -0.2) is 4.98 Å². The minimum Gasteiger partial charge on any atom is -0.461 e. The summed E-state index contributed by atoms with van der Waals surface area (Å²) in [6, 6.07) is 0. The highest BCUT2D eigenvalue weighted by Crippen LogP contribution is 2.41. The molecule has 1 aromatic heterocycles. The zero-order chi connectivity index (χ0) is 15.7. The van der Waals surface area contributed by atoms with E-state index < -0.39 is 0 Å². The number of aromatic nitrogens is 1. The second-order valence-corrected chi connectivity index (χ2v) is 7.74. The number of hydrogen-bond acceptors (Lipinski definition) is 7. The molecule has 3 saturated heterocycles. The molecule has 1 atom stereocenters. The van der Waals surface area contributed by atoms with Gasteiger partial charge in [0.1, 0.15) is 6.10 Å². The van der Waals surface area contributed by atoms with Crippen molar-refractivity contribution in [2.24, 2.45) is 5.41 Å². The van der Waals surface area contributed by atoms with E-state index in [0.29, 0.717) is 0 Å². The van der Waals surface area contributed by atoms with Crippen molar-refractivity contribution in [2.45, 2.75) is 25.4 Å². The molecule has 0 aromatic carbocycles. The number of nitrogens with one attached hydrogen (secondary N) is 1. The molecule has 3 fully saturated rings. The Morgan fingerprint density at radius 1 is 1.24 bits per heavy atom. The Morgan fingerprint density at radius 2 is 1.96 bits per heavy atom. The third-order valence-corrected chi connectivity index (χ3v) is 6.24. The van der Waals surface area contributed by atoms with Crippen molar-refractivity contribution in [3.63, 3.8) is 0 Å². The van der Waals surface area contributed by atoms with Crippen LogP contribution in [0.25, 0.3) is 0 Å². The maximum atomic E-state index is 12.3. The average Bonchev–Trinajstić information content (AvgIpc) is 3.19. The molecule has 25 heavy (non-hydrogen) atoms. The molecule has 0 saturated carbocycles. The van der Waals surface area contributed by atoms with Crippen LogP contribution in [0, 0.1) is 5.41 Å². The van der Waals surface area contributed by atoms with Crippen LogP contribution in [0.5, 0.6) is 0 Å². The first-order valence-electron chi connectivity index (χ1n) is 8.54. The molecule has 142 valence electrons. The van der Waals surface area contributed by atoms with Crippen LogP contribution in [-0.2, 0) is 9.53 Å². The molecule has 6 nitrogen and oxygen atoms in total. The Kier molecular flexibility index (Phi) is 7.34. The summed E-state index contributed by atoms with van der Waals surface area (Å²) in [5.74, 6) is 0.0467. The number of rotatable bonds is 3. The van der Waals surface area contributed by atoms with Crippen LogP contribution < -0.4 is 10.2 Å². The molecule has 1 spiro atoms. The van der Waals surface area contributed by atoms with Gasteiger partial charge < -0.3 is 15.0 Å². The molecule has 1 unspecified atom stereocenters. The van der Waals surface area contributed by atoms with Crippen LogP contribution in [0.4, 0.5) is 5.13 Å². The van der Waals surface area contributed by atoms with E-state index in [1.165, 1.54) is 0 Å². The molecule has 0 bridgehead atoms. The highest BCUT2D eigenvalue weighted by molar-refractivity contribution is 7.13. The van der Waals surface area contributed by atoms with Crippen molar-refractivity contribution < 1.29 is 9.53 Å². The highest BCUT2D eigenvalue weighted by atomic mass is 35.5. The van der Waals surface area contributed by atoms with Crippen LogP contribution in [0.15, 0.2) is 11.6 Å². The van der Waals surface area contributed by atoms with Crippen molar-refractivity contribution in [1.29, 1.82) is 0 Å². The molecule has 3 aliphatic rings. The predicted octanol–water partition coefficient (Wildman–Crippen LogP) is 1.79. The fourth-order valence-electron chi connectivity index (χ4n) is 4.03. The number of piperazine rings is 1. The van der Waals surface area contributed by atoms with E-state index in [2.05, 4.69) is 20.1 Å². The van der Waals surface area contributed by atoms with Crippen LogP contribution >= 0.6 is 36.2 Å². The Morgan fingerprint density at radius 3 is 2.60 bits per heavy atom. The van der Waals surface area contributed by atoms with Gasteiger partial charge in [0, 0.05) is 50.7 Å². The van der Waals surface area contributed by atoms with E-state index in [4.69, 9.17) is 4.74 Å². The zero-order valence-electron chi connectivity index (χ0n) is 14.2. The van der Waals surface area contributed by atoms with E-state index in [0.717, 1.165) is 70.2 Å². The van der Waals surface area contributed by atoms with Crippen molar-refractivity contribution in [3.8, 4) is 0 Å². The van der Waals surface area contributed by atoms with E-state index >= 15 is 0 Å². The number of anilines is 1. The molecule has 3 aliphatic heterocycles. The first kappa shape index (κ1) is 20.7. The normalized spacial score (nSPS) is 26.0. The number of carbonyl (C=O) groups excluding carboxylic acids is 1. The summed E-state index contributed by atoms with van der Waals surface area (Å²) >= 11 is 1.70. The topological polar surface area (TPSA) is 57.7 Å². The number of piperidine rings is 1. The number of esters is 1. The fraction of sp³-hybridized carbons (Fsp3) is 0.750. The standard InChI is InChI=1S/C16H24N4O2S.2ClH/c21-14-16(1-3-17-4-2-16)11-13(22-14)12-19-6-8-20(9-7-19)15-18-5-10-23-15;;/h5,10,13,17H,1-4,6-9,11-12H2;2*1H. The molecule has 1 aromatic rings. The lowest BCUT2D eigenvalue weighted by atomic mass is 9.76. The van der Waals surface area contributed by atoms with Crippen molar-refractivity contribution in [1.82, 2.24) is 15.2 Å². The first-order chi connectivity index (χ1) is 11.3. The van der Waals surface area contributed by atoms with Gasteiger partial charge in [0.25, 0.3) is 0 Å². The maximum absolute atomic E-state index is 12.3. The molecule has 1 N–H and O–H groups in total. The van der Waals surface area contributed by atoms with Gasteiger partial charge in [0.2, 0.25) is 0 Å².